The summed E-state index contributed by atoms with van der Waals surface area (Å²) in [6.45, 7) is 1.75. The average Bonchev–Trinajstić information content (AvgIpc) is 2.91. The van der Waals surface area contributed by atoms with E-state index in [1.54, 1.807) is 6.92 Å². The molecule has 0 bridgehead atoms. The Hall–Kier alpha value is -1.90. The fraction of sp³-hybridized carbons (Fsp3) is 0.154. The zero-order chi connectivity index (χ0) is 15.6. The third-order valence-electron chi connectivity index (χ3n) is 2.89. The van der Waals surface area contributed by atoms with Gasteiger partial charge in [0.25, 0.3) is 0 Å². The second kappa shape index (κ2) is 5.84. The monoisotopic (exact) mass is 325 g/mol. The lowest BCUT2D eigenvalue weighted by Crippen LogP contribution is -2.27. The summed E-state index contributed by atoms with van der Waals surface area (Å²) >= 11 is 1.46. The highest BCUT2D eigenvalue weighted by molar-refractivity contribution is 7.89. The average molecular weight is 325 g/mol. The minimum Gasteiger partial charge on any atom is -0.398 e. The van der Waals surface area contributed by atoms with Gasteiger partial charge >= 0.3 is 0 Å². The first-order chi connectivity index (χ1) is 9.81. The minimum absolute atomic E-state index is 0.0165. The first-order valence-electron chi connectivity index (χ1n) is 6.06. The molecular formula is C13H15N3O3S2. The number of primary amides is 1. The molecule has 1 unspecified atom stereocenters. The van der Waals surface area contributed by atoms with Crippen LogP contribution in [0.3, 0.4) is 0 Å². The molecule has 1 amide bonds. The van der Waals surface area contributed by atoms with E-state index in [-0.39, 0.29) is 22.2 Å². The number of rotatable bonds is 5. The van der Waals surface area contributed by atoms with Crippen LogP contribution in [0.1, 0.15) is 28.2 Å². The molecule has 0 saturated carbocycles. The van der Waals surface area contributed by atoms with Crippen molar-refractivity contribution >= 4 is 33.0 Å². The van der Waals surface area contributed by atoms with Crippen molar-refractivity contribution in [3.63, 3.8) is 0 Å². The summed E-state index contributed by atoms with van der Waals surface area (Å²) in [6.07, 6.45) is 0. The third kappa shape index (κ3) is 3.41. The van der Waals surface area contributed by atoms with E-state index in [0.717, 1.165) is 4.88 Å². The molecule has 0 saturated heterocycles. The molecule has 0 aliphatic heterocycles. The third-order valence-corrected chi connectivity index (χ3v) is 5.56. The van der Waals surface area contributed by atoms with Crippen molar-refractivity contribution in [3.8, 4) is 0 Å². The lowest BCUT2D eigenvalue weighted by molar-refractivity contribution is 0.1000. The zero-order valence-corrected chi connectivity index (χ0v) is 12.9. The van der Waals surface area contributed by atoms with E-state index < -0.39 is 15.9 Å². The topological polar surface area (TPSA) is 115 Å². The highest BCUT2D eigenvalue weighted by atomic mass is 32.2. The maximum absolute atomic E-state index is 12.3. The van der Waals surface area contributed by atoms with Crippen LogP contribution in [-0.4, -0.2) is 14.3 Å². The van der Waals surface area contributed by atoms with Crippen LogP contribution < -0.4 is 16.2 Å². The summed E-state index contributed by atoms with van der Waals surface area (Å²) in [7, 11) is -3.78. The first-order valence-corrected chi connectivity index (χ1v) is 8.42. The standard InChI is InChI=1S/C13H15N3O3S2/c1-8(11-3-2-6-20-11)16-21(18,19)12-5-4-9(13(15)17)7-10(12)14/h2-8,16H,14H2,1H3,(H2,15,17). The Morgan fingerprint density at radius 1 is 1.33 bits per heavy atom. The van der Waals surface area contributed by atoms with Gasteiger partial charge in [0.15, 0.2) is 0 Å². The largest absolute Gasteiger partial charge is 0.398 e. The van der Waals surface area contributed by atoms with E-state index in [1.165, 1.54) is 29.5 Å². The summed E-state index contributed by atoms with van der Waals surface area (Å²) in [5.41, 5.74) is 11.0. The molecule has 1 heterocycles. The Balaban J connectivity index is 2.29. The van der Waals surface area contributed by atoms with E-state index in [9.17, 15) is 13.2 Å². The van der Waals surface area contributed by atoms with Gasteiger partial charge < -0.3 is 11.5 Å². The SMILES string of the molecule is CC(NS(=O)(=O)c1ccc(C(N)=O)cc1N)c1cccs1. The van der Waals surface area contributed by atoms with Crippen molar-refractivity contribution in [2.45, 2.75) is 17.9 Å². The zero-order valence-electron chi connectivity index (χ0n) is 11.2. The molecule has 0 fully saturated rings. The summed E-state index contributed by atoms with van der Waals surface area (Å²) in [5.74, 6) is -0.662. The molecular weight excluding hydrogens is 310 g/mol. The predicted octanol–water partition coefficient (Wildman–Crippen LogP) is 1.47. The van der Waals surface area contributed by atoms with E-state index in [1.807, 2.05) is 17.5 Å². The van der Waals surface area contributed by atoms with Crippen molar-refractivity contribution in [3.05, 3.63) is 46.2 Å². The summed E-state index contributed by atoms with van der Waals surface area (Å²) in [5, 5.41) is 1.87. The number of carbonyl (C=O) groups excluding carboxylic acids is 1. The Kier molecular flexibility index (Phi) is 4.31. The van der Waals surface area contributed by atoms with Crippen molar-refractivity contribution in [2.24, 2.45) is 5.73 Å². The molecule has 2 aromatic rings. The number of nitrogen functional groups attached to an aromatic ring is 1. The Morgan fingerprint density at radius 2 is 2.05 bits per heavy atom. The number of benzene rings is 1. The quantitative estimate of drug-likeness (QED) is 0.722. The van der Waals surface area contributed by atoms with E-state index >= 15 is 0 Å². The summed E-state index contributed by atoms with van der Waals surface area (Å²) < 4.78 is 27.2. The lowest BCUT2D eigenvalue weighted by Gasteiger charge is -2.14. The van der Waals surface area contributed by atoms with E-state index in [0.29, 0.717) is 0 Å². The molecule has 8 heteroatoms. The highest BCUT2D eigenvalue weighted by Crippen LogP contribution is 2.24. The highest BCUT2D eigenvalue weighted by Gasteiger charge is 2.21. The molecule has 1 aromatic carbocycles. The molecule has 0 radical (unpaired) electrons. The maximum Gasteiger partial charge on any atom is 0.248 e. The van der Waals surface area contributed by atoms with Gasteiger partial charge in [-0.05, 0) is 36.6 Å². The van der Waals surface area contributed by atoms with Crippen LogP contribution in [0.15, 0.2) is 40.6 Å². The van der Waals surface area contributed by atoms with Gasteiger partial charge in [-0.1, -0.05) is 6.07 Å². The number of amides is 1. The van der Waals surface area contributed by atoms with Crippen LogP contribution in [0.2, 0.25) is 0 Å². The van der Waals surface area contributed by atoms with Crippen LogP contribution in [0.5, 0.6) is 0 Å². The molecule has 1 aromatic heterocycles. The number of thiophene rings is 1. The Morgan fingerprint density at radius 3 is 2.57 bits per heavy atom. The van der Waals surface area contributed by atoms with Crippen LogP contribution in [0.25, 0.3) is 0 Å². The molecule has 0 aliphatic rings. The van der Waals surface area contributed by atoms with Crippen LogP contribution in [0.4, 0.5) is 5.69 Å². The van der Waals surface area contributed by atoms with Crippen LogP contribution in [-0.2, 0) is 10.0 Å². The molecule has 0 spiro atoms. The maximum atomic E-state index is 12.3. The minimum atomic E-state index is -3.78. The van der Waals surface area contributed by atoms with Gasteiger partial charge in [0.1, 0.15) is 4.90 Å². The van der Waals surface area contributed by atoms with Gasteiger partial charge in [-0.3, -0.25) is 4.79 Å². The molecule has 112 valence electrons. The number of carbonyl (C=O) groups is 1. The summed E-state index contributed by atoms with van der Waals surface area (Å²) in [4.78, 5) is 11.9. The number of nitrogens with two attached hydrogens (primary N) is 2. The van der Waals surface area contributed by atoms with Crippen molar-refractivity contribution < 1.29 is 13.2 Å². The van der Waals surface area contributed by atoms with Gasteiger partial charge in [0.2, 0.25) is 15.9 Å². The van der Waals surface area contributed by atoms with Gasteiger partial charge in [-0.15, -0.1) is 11.3 Å². The Bertz CT molecular complexity index is 755. The predicted molar refractivity (Wildman–Crippen MR) is 82.4 cm³/mol. The van der Waals surface area contributed by atoms with Crippen LogP contribution in [0, 0.1) is 0 Å². The molecule has 6 nitrogen and oxygen atoms in total. The van der Waals surface area contributed by atoms with Crippen molar-refractivity contribution in [2.75, 3.05) is 5.73 Å². The fourth-order valence-corrected chi connectivity index (χ4v) is 3.98. The molecule has 1 atom stereocenters. The Labute approximate surface area is 126 Å². The first kappa shape index (κ1) is 15.5. The summed E-state index contributed by atoms with van der Waals surface area (Å²) in [6, 6.07) is 7.19. The fourth-order valence-electron chi connectivity index (χ4n) is 1.84. The molecule has 2 rings (SSSR count). The number of hydrogen-bond acceptors (Lipinski definition) is 5. The van der Waals surface area contributed by atoms with Gasteiger partial charge in [-0.2, -0.15) is 0 Å². The van der Waals surface area contributed by atoms with Crippen LogP contribution >= 0.6 is 11.3 Å². The smallest absolute Gasteiger partial charge is 0.248 e. The normalized spacial score (nSPS) is 13.0. The second-order valence-corrected chi connectivity index (χ2v) is 7.14. The number of nitrogens with one attached hydrogen (secondary N) is 1. The lowest BCUT2D eigenvalue weighted by atomic mass is 10.2. The molecule has 5 N–H and O–H groups in total. The number of anilines is 1. The van der Waals surface area contributed by atoms with Crippen molar-refractivity contribution in [1.82, 2.24) is 4.72 Å². The number of sulfonamides is 1. The van der Waals surface area contributed by atoms with E-state index in [4.69, 9.17) is 11.5 Å². The van der Waals surface area contributed by atoms with Crippen molar-refractivity contribution in [1.29, 1.82) is 0 Å². The van der Waals surface area contributed by atoms with E-state index in [2.05, 4.69) is 4.72 Å². The van der Waals surface area contributed by atoms with Gasteiger partial charge in [0, 0.05) is 10.4 Å². The number of hydrogen-bond donors (Lipinski definition) is 3. The molecule has 21 heavy (non-hydrogen) atoms. The molecule has 0 aliphatic carbocycles. The second-order valence-electron chi connectivity index (χ2n) is 4.48. The van der Waals surface area contributed by atoms with Gasteiger partial charge in [0.05, 0.1) is 11.7 Å². The van der Waals surface area contributed by atoms with Gasteiger partial charge in [-0.25, -0.2) is 13.1 Å².